The van der Waals surface area contributed by atoms with Gasteiger partial charge in [-0.15, -0.1) is 24.8 Å². The minimum absolute atomic E-state index is 0. The van der Waals surface area contributed by atoms with Crippen LogP contribution in [0.1, 0.15) is 17.0 Å². The van der Waals surface area contributed by atoms with Crippen molar-refractivity contribution in [3.05, 3.63) is 89.7 Å². The van der Waals surface area contributed by atoms with Gasteiger partial charge in [-0.25, -0.2) is 13.4 Å². The number of nitrogens with one attached hydrogen (secondary N) is 1. The molecule has 1 heterocycles. The molecule has 0 bridgehead atoms. The second-order valence-electron chi connectivity index (χ2n) is 9.23. The van der Waals surface area contributed by atoms with Gasteiger partial charge < -0.3 is 20.9 Å². The number of nitrogens with two attached hydrogens (primary N) is 2. The zero-order chi connectivity index (χ0) is 27.4. The third-order valence-corrected chi connectivity index (χ3v) is 7.92. The molecule has 5 N–H and O–H groups in total. The third kappa shape index (κ3) is 7.30. The average molecular weight is 607 g/mol. The number of sulfonamides is 1. The summed E-state index contributed by atoms with van der Waals surface area (Å²) in [6.07, 6.45) is 0.531. The maximum absolute atomic E-state index is 13.4. The van der Waals surface area contributed by atoms with Gasteiger partial charge in [0.1, 0.15) is 18.2 Å². The van der Waals surface area contributed by atoms with Crippen LogP contribution in [0.5, 0.6) is 0 Å². The number of anilines is 1. The molecular weight excluding hydrogens is 573 g/mol. The average Bonchev–Trinajstić information content (AvgIpc) is 3.22. The van der Waals surface area contributed by atoms with Crippen LogP contribution >= 0.6 is 24.8 Å². The molecular formula is C27H33Cl2N7O3S. The van der Waals surface area contributed by atoms with Crippen molar-refractivity contribution < 1.29 is 13.2 Å². The van der Waals surface area contributed by atoms with E-state index in [0.717, 1.165) is 27.8 Å². The Morgan fingerprint density at radius 2 is 1.62 bits per heavy atom. The second-order valence-corrected chi connectivity index (χ2v) is 11.1. The van der Waals surface area contributed by atoms with Gasteiger partial charge in [-0.3, -0.25) is 14.5 Å². The van der Waals surface area contributed by atoms with Crippen molar-refractivity contribution in [3.8, 4) is 0 Å². The lowest BCUT2D eigenvalue weighted by Crippen LogP contribution is -2.38. The first-order valence-electron chi connectivity index (χ1n) is 12.0. The number of primary amides is 1. The van der Waals surface area contributed by atoms with E-state index in [1.54, 1.807) is 42.5 Å². The van der Waals surface area contributed by atoms with Crippen LogP contribution in [-0.4, -0.2) is 61.8 Å². The number of amidine groups is 1. The van der Waals surface area contributed by atoms with Gasteiger partial charge in [0, 0.05) is 25.1 Å². The van der Waals surface area contributed by atoms with Gasteiger partial charge in [0.25, 0.3) is 10.0 Å². The molecule has 0 saturated heterocycles. The van der Waals surface area contributed by atoms with E-state index in [2.05, 4.69) is 9.47 Å². The summed E-state index contributed by atoms with van der Waals surface area (Å²) in [7, 11) is -0.0514. The van der Waals surface area contributed by atoms with Crippen molar-refractivity contribution in [2.45, 2.75) is 17.9 Å². The Morgan fingerprint density at radius 1 is 0.975 bits per heavy atom. The highest BCUT2D eigenvalue weighted by Crippen LogP contribution is 2.28. The number of amides is 1. The number of carbonyl (C=O) groups excluding carboxylic acids is 1. The van der Waals surface area contributed by atoms with Crippen molar-refractivity contribution >= 4 is 63.3 Å². The molecule has 4 aromatic rings. The zero-order valence-corrected chi connectivity index (χ0v) is 24.6. The molecule has 0 aliphatic carbocycles. The highest BCUT2D eigenvalue weighted by atomic mass is 35.5. The fourth-order valence-electron chi connectivity index (χ4n) is 4.17. The normalized spacial score (nSPS) is 11.1. The number of likely N-dealkylation sites (N-methyl/N-ethyl adjacent to an activating group) is 1. The number of halogens is 2. The maximum atomic E-state index is 13.4. The van der Waals surface area contributed by atoms with Gasteiger partial charge in [-0.05, 0) is 50.0 Å². The summed E-state index contributed by atoms with van der Waals surface area (Å²) < 4.78 is 30.0. The van der Waals surface area contributed by atoms with Crippen LogP contribution in [0, 0.1) is 5.41 Å². The number of hydrogen-bond acceptors (Lipinski definition) is 6. The first-order chi connectivity index (χ1) is 18.1. The van der Waals surface area contributed by atoms with Gasteiger partial charge in [0.2, 0.25) is 5.91 Å². The predicted octanol–water partition coefficient (Wildman–Crippen LogP) is 3.00. The SMILES string of the molecule is CN(C)CCn1c(Cc2ccc(C(=N)N)cc2)nc2cc(N(CC(N)=O)S(=O)(=O)c3ccccc3)ccc21.Cl.Cl. The Kier molecular flexibility index (Phi) is 11.1. The molecule has 40 heavy (non-hydrogen) atoms. The van der Waals surface area contributed by atoms with Gasteiger partial charge in [-0.1, -0.05) is 42.5 Å². The molecule has 0 saturated carbocycles. The molecule has 0 spiro atoms. The van der Waals surface area contributed by atoms with Crippen LogP contribution in [0.2, 0.25) is 0 Å². The summed E-state index contributed by atoms with van der Waals surface area (Å²) in [5.74, 6) is 0.0472. The third-order valence-electron chi connectivity index (χ3n) is 6.13. The highest BCUT2D eigenvalue weighted by Gasteiger charge is 2.27. The first-order valence-corrected chi connectivity index (χ1v) is 13.4. The van der Waals surface area contributed by atoms with Gasteiger partial charge in [0.15, 0.2) is 0 Å². The molecule has 3 aromatic carbocycles. The van der Waals surface area contributed by atoms with Crippen molar-refractivity contribution in [3.63, 3.8) is 0 Å². The number of aromatic nitrogens is 2. The molecule has 0 fully saturated rings. The lowest BCUT2D eigenvalue weighted by Gasteiger charge is -2.23. The predicted molar refractivity (Wildman–Crippen MR) is 163 cm³/mol. The molecule has 1 aromatic heterocycles. The van der Waals surface area contributed by atoms with Crippen molar-refractivity contribution in [1.29, 1.82) is 5.41 Å². The smallest absolute Gasteiger partial charge is 0.264 e. The molecule has 0 atom stereocenters. The number of imidazole rings is 1. The number of benzene rings is 3. The number of fused-ring (bicyclic) bond motifs is 1. The number of nitrogens with zero attached hydrogens (tertiary/aromatic N) is 4. The molecule has 1 amide bonds. The Bertz CT molecular complexity index is 1580. The molecule has 4 rings (SSSR count). The van der Waals surface area contributed by atoms with Crippen LogP contribution in [0.15, 0.2) is 77.7 Å². The quantitative estimate of drug-likeness (QED) is 0.176. The van der Waals surface area contributed by atoms with Crippen LogP contribution in [-0.2, 0) is 27.8 Å². The van der Waals surface area contributed by atoms with E-state index in [9.17, 15) is 13.2 Å². The molecule has 0 unspecified atom stereocenters. The maximum Gasteiger partial charge on any atom is 0.264 e. The monoisotopic (exact) mass is 605 g/mol. The van der Waals surface area contributed by atoms with Crippen LogP contribution in [0.25, 0.3) is 11.0 Å². The summed E-state index contributed by atoms with van der Waals surface area (Å²) in [6, 6.07) is 20.5. The van der Waals surface area contributed by atoms with Crippen molar-refractivity contribution in [2.75, 3.05) is 31.5 Å². The fraction of sp³-hybridized carbons (Fsp3) is 0.222. The van der Waals surface area contributed by atoms with E-state index in [-0.39, 0.29) is 35.5 Å². The Morgan fingerprint density at radius 3 is 2.20 bits per heavy atom. The standard InChI is InChI=1S/C27H31N7O3S.2ClH/c1-32(2)14-15-33-24-13-12-21(34(18-25(28)35)38(36,37)22-6-4-3-5-7-22)17-23(24)31-26(33)16-19-8-10-20(11-9-19)27(29)30;;/h3-13,17H,14-16,18H2,1-2H3,(H2,28,35)(H3,29,30);2*1H. The number of hydrogen-bond donors (Lipinski definition) is 3. The lowest BCUT2D eigenvalue weighted by molar-refractivity contribution is -0.116. The van der Waals surface area contributed by atoms with E-state index in [0.29, 0.717) is 29.7 Å². The minimum Gasteiger partial charge on any atom is -0.384 e. The van der Waals surface area contributed by atoms with Crippen LogP contribution in [0.4, 0.5) is 5.69 Å². The number of nitrogen functional groups attached to an aromatic ring is 1. The number of rotatable bonds is 11. The minimum atomic E-state index is -4.04. The lowest BCUT2D eigenvalue weighted by atomic mass is 10.1. The van der Waals surface area contributed by atoms with E-state index in [4.69, 9.17) is 21.9 Å². The summed E-state index contributed by atoms with van der Waals surface area (Å²) in [5, 5.41) is 7.61. The number of carbonyl (C=O) groups is 1. The van der Waals surface area contributed by atoms with E-state index in [1.807, 2.05) is 32.3 Å². The fourth-order valence-corrected chi connectivity index (χ4v) is 5.61. The molecule has 0 aliphatic rings. The molecule has 13 heteroatoms. The Labute approximate surface area is 246 Å². The topological polar surface area (TPSA) is 151 Å². The molecule has 214 valence electrons. The van der Waals surface area contributed by atoms with Crippen LogP contribution in [0.3, 0.4) is 0 Å². The van der Waals surface area contributed by atoms with E-state index < -0.39 is 22.5 Å². The van der Waals surface area contributed by atoms with Crippen LogP contribution < -0.4 is 15.8 Å². The molecule has 0 aliphatic heterocycles. The van der Waals surface area contributed by atoms with Gasteiger partial charge in [-0.2, -0.15) is 0 Å². The first kappa shape index (κ1) is 32.6. The zero-order valence-electron chi connectivity index (χ0n) is 22.1. The second kappa shape index (κ2) is 13.6. The Balaban J connectivity index is 0.00000280. The van der Waals surface area contributed by atoms with Gasteiger partial charge >= 0.3 is 0 Å². The largest absolute Gasteiger partial charge is 0.384 e. The highest BCUT2D eigenvalue weighted by molar-refractivity contribution is 7.92. The van der Waals surface area contributed by atoms with E-state index >= 15 is 0 Å². The molecule has 0 radical (unpaired) electrons. The summed E-state index contributed by atoms with van der Waals surface area (Å²) in [6.45, 7) is 0.954. The Hall–Kier alpha value is -3.64. The van der Waals surface area contributed by atoms with Crippen molar-refractivity contribution in [1.82, 2.24) is 14.5 Å². The van der Waals surface area contributed by atoms with E-state index in [1.165, 1.54) is 12.1 Å². The van der Waals surface area contributed by atoms with Gasteiger partial charge in [0.05, 0.1) is 21.6 Å². The van der Waals surface area contributed by atoms with Crippen molar-refractivity contribution in [2.24, 2.45) is 11.5 Å². The summed E-state index contributed by atoms with van der Waals surface area (Å²) in [5.41, 5.74) is 14.4. The summed E-state index contributed by atoms with van der Waals surface area (Å²) in [4.78, 5) is 18.9. The summed E-state index contributed by atoms with van der Waals surface area (Å²) >= 11 is 0. The molecule has 10 nitrogen and oxygen atoms in total.